The molecule has 0 saturated heterocycles. The minimum Gasteiger partial charge on any atom is -0.388 e. The van der Waals surface area contributed by atoms with Gasteiger partial charge in [0, 0.05) is 17.0 Å². The van der Waals surface area contributed by atoms with Gasteiger partial charge in [0.2, 0.25) is 0 Å². The van der Waals surface area contributed by atoms with Crippen molar-refractivity contribution in [2.24, 2.45) is 5.73 Å². The standard InChI is InChI=1S/C9H10ClFN2/c10-7-2-1-3-8(11)6(7)4-5-9(12)13/h1-3H,4-5H2,(H3,12,13). The lowest BCUT2D eigenvalue weighted by molar-refractivity contribution is 0.610. The van der Waals surface area contributed by atoms with Crippen molar-refractivity contribution in [3.8, 4) is 0 Å². The highest BCUT2D eigenvalue weighted by Gasteiger charge is 2.06. The Morgan fingerprint density at radius 3 is 2.77 bits per heavy atom. The van der Waals surface area contributed by atoms with Crippen LogP contribution >= 0.6 is 11.6 Å². The van der Waals surface area contributed by atoms with E-state index < -0.39 is 0 Å². The highest BCUT2D eigenvalue weighted by atomic mass is 35.5. The van der Waals surface area contributed by atoms with Crippen LogP contribution in [-0.2, 0) is 6.42 Å². The van der Waals surface area contributed by atoms with Crippen molar-refractivity contribution >= 4 is 17.4 Å². The molecule has 0 amide bonds. The average Bonchev–Trinajstić information content (AvgIpc) is 2.03. The van der Waals surface area contributed by atoms with Gasteiger partial charge in [0.1, 0.15) is 5.82 Å². The summed E-state index contributed by atoms with van der Waals surface area (Å²) in [4.78, 5) is 0. The normalized spacial score (nSPS) is 10.0. The van der Waals surface area contributed by atoms with Gasteiger partial charge in [0.25, 0.3) is 0 Å². The molecule has 13 heavy (non-hydrogen) atoms. The Morgan fingerprint density at radius 2 is 2.23 bits per heavy atom. The van der Waals surface area contributed by atoms with E-state index in [1.165, 1.54) is 6.07 Å². The summed E-state index contributed by atoms with van der Waals surface area (Å²) in [7, 11) is 0. The topological polar surface area (TPSA) is 49.9 Å². The summed E-state index contributed by atoms with van der Waals surface area (Å²) in [6.45, 7) is 0. The number of nitrogens with one attached hydrogen (secondary N) is 1. The van der Waals surface area contributed by atoms with Gasteiger partial charge in [-0.3, -0.25) is 5.41 Å². The highest BCUT2D eigenvalue weighted by molar-refractivity contribution is 6.31. The van der Waals surface area contributed by atoms with E-state index in [0.29, 0.717) is 23.4 Å². The monoisotopic (exact) mass is 200 g/mol. The van der Waals surface area contributed by atoms with Crippen molar-refractivity contribution in [2.45, 2.75) is 12.8 Å². The van der Waals surface area contributed by atoms with Crippen LogP contribution in [0.15, 0.2) is 18.2 Å². The summed E-state index contributed by atoms with van der Waals surface area (Å²) in [5.41, 5.74) is 5.59. The maximum atomic E-state index is 13.1. The predicted octanol–water partition coefficient (Wildman–Crippen LogP) is 2.35. The molecule has 1 aromatic carbocycles. The largest absolute Gasteiger partial charge is 0.388 e. The average molecular weight is 201 g/mol. The third kappa shape index (κ3) is 2.70. The zero-order valence-electron chi connectivity index (χ0n) is 6.98. The van der Waals surface area contributed by atoms with Crippen LogP contribution < -0.4 is 5.73 Å². The maximum absolute atomic E-state index is 13.1. The molecule has 3 N–H and O–H groups in total. The van der Waals surface area contributed by atoms with Crippen molar-refractivity contribution < 1.29 is 4.39 Å². The second-order valence-corrected chi connectivity index (χ2v) is 3.13. The molecule has 0 atom stereocenters. The lowest BCUT2D eigenvalue weighted by Crippen LogP contribution is -2.10. The van der Waals surface area contributed by atoms with Crippen LogP contribution in [0.3, 0.4) is 0 Å². The number of benzene rings is 1. The van der Waals surface area contributed by atoms with E-state index in [0.717, 1.165) is 0 Å². The molecule has 0 radical (unpaired) electrons. The Labute approximate surface area is 81.0 Å². The lowest BCUT2D eigenvalue weighted by atomic mass is 10.1. The first kappa shape index (κ1) is 9.99. The first-order chi connectivity index (χ1) is 6.11. The summed E-state index contributed by atoms with van der Waals surface area (Å²) in [5.74, 6) is -0.298. The number of rotatable bonds is 3. The first-order valence-corrected chi connectivity index (χ1v) is 4.25. The van der Waals surface area contributed by atoms with Crippen LogP contribution in [0.25, 0.3) is 0 Å². The predicted molar refractivity (Wildman–Crippen MR) is 51.6 cm³/mol. The molecule has 0 bridgehead atoms. The minimum atomic E-state index is -0.339. The van der Waals surface area contributed by atoms with Crippen LogP contribution in [0.1, 0.15) is 12.0 Å². The van der Waals surface area contributed by atoms with Crippen molar-refractivity contribution in [3.63, 3.8) is 0 Å². The van der Waals surface area contributed by atoms with Gasteiger partial charge < -0.3 is 5.73 Å². The molecule has 0 aliphatic rings. The van der Waals surface area contributed by atoms with Gasteiger partial charge in [-0.15, -0.1) is 0 Å². The van der Waals surface area contributed by atoms with E-state index >= 15 is 0 Å². The Balaban J connectivity index is 2.81. The van der Waals surface area contributed by atoms with Crippen LogP contribution in [0.4, 0.5) is 4.39 Å². The summed E-state index contributed by atoms with van der Waals surface area (Å²) < 4.78 is 13.1. The van der Waals surface area contributed by atoms with Gasteiger partial charge >= 0.3 is 0 Å². The molecule has 0 spiro atoms. The molecule has 4 heteroatoms. The highest BCUT2D eigenvalue weighted by Crippen LogP contribution is 2.20. The first-order valence-electron chi connectivity index (χ1n) is 3.87. The molecule has 0 heterocycles. The fourth-order valence-corrected chi connectivity index (χ4v) is 1.29. The van der Waals surface area contributed by atoms with Crippen LogP contribution in [0, 0.1) is 11.2 Å². The van der Waals surface area contributed by atoms with Crippen LogP contribution in [0.5, 0.6) is 0 Å². The molecule has 70 valence electrons. The molecule has 0 saturated carbocycles. The third-order valence-corrected chi connectivity index (χ3v) is 2.06. The van der Waals surface area contributed by atoms with Gasteiger partial charge in [-0.25, -0.2) is 4.39 Å². The fraction of sp³-hybridized carbons (Fsp3) is 0.222. The molecule has 1 rings (SSSR count). The molecule has 0 unspecified atom stereocenters. The Hall–Kier alpha value is -1.09. The fourth-order valence-electron chi connectivity index (χ4n) is 1.03. The Morgan fingerprint density at radius 1 is 1.54 bits per heavy atom. The van der Waals surface area contributed by atoms with E-state index in [-0.39, 0.29) is 11.7 Å². The molecule has 0 fully saturated rings. The molecule has 1 aromatic rings. The van der Waals surface area contributed by atoms with Crippen molar-refractivity contribution in [3.05, 3.63) is 34.6 Å². The minimum absolute atomic E-state index is 0.0410. The molecular weight excluding hydrogens is 191 g/mol. The number of hydrogen-bond donors (Lipinski definition) is 2. The van der Waals surface area contributed by atoms with Crippen LogP contribution in [-0.4, -0.2) is 5.84 Å². The summed E-state index contributed by atoms with van der Waals surface area (Å²) >= 11 is 5.76. The summed E-state index contributed by atoms with van der Waals surface area (Å²) in [5, 5.41) is 7.39. The number of halogens is 2. The quantitative estimate of drug-likeness (QED) is 0.571. The Kier molecular flexibility index (Phi) is 3.25. The van der Waals surface area contributed by atoms with Gasteiger partial charge in [-0.1, -0.05) is 17.7 Å². The van der Waals surface area contributed by atoms with Gasteiger partial charge in [0.05, 0.1) is 5.84 Å². The lowest BCUT2D eigenvalue weighted by Gasteiger charge is -2.04. The third-order valence-electron chi connectivity index (χ3n) is 1.71. The van der Waals surface area contributed by atoms with Crippen LogP contribution in [0.2, 0.25) is 5.02 Å². The smallest absolute Gasteiger partial charge is 0.127 e. The van der Waals surface area contributed by atoms with Gasteiger partial charge in [-0.05, 0) is 18.6 Å². The zero-order chi connectivity index (χ0) is 9.84. The van der Waals surface area contributed by atoms with E-state index in [2.05, 4.69) is 0 Å². The molecule has 0 aliphatic heterocycles. The van der Waals surface area contributed by atoms with Gasteiger partial charge in [-0.2, -0.15) is 0 Å². The van der Waals surface area contributed by atoms with E-state index in [9.17, 15) is 4.39 Å². The van der Waals surface area contributed by atoms with Gasteiger partial charge in [0.15, 0.2) is 0 Å². The SMILES string of the molecule is N=C(N)CCc1c(F)cccc1Cl. The number of amidine groups is 1. The molecule has 2 nitrogen and oxygen atoms in total. The number of nitrogens with two attached hydrogens (primary N) is 1. The van der Waals surface area contributed by atoms with Crippen molar-refractivity contribution in [1.82, 2.24) is 0 Å². The van der Waals surface area contributed by atoms with E-state index in [1.807, 2.05) is 0 Å². The number of hydrogen-bond acceptors (Lipinski definition) is 1. The summed E-state index contributed by atoms with van der Waals surface area (Å²) in [6, 6.07) is 4.52. The molecule has 0 aliphatic carbocycles. The Bertz CT molecular complexity index is 305. The second-order valence-electron chi connectivity index (χ2n) is 2.73. The van der Waals surface area contributed by atoms with Crippen molar-refractivity contribution in [2.75, 3.05) is 0 Å². The summed E-state index contributed by atoms with van der Waals surface area (Å²) in [6.07, 6.45) is 0.710. The van der Waals surface area contributed by atoms with Crippen molar-refractivity contribution in [1.29, 1.82) is 5.41 Å². The van der Waals surface area contributed by atoms with E-state index in [4.69, 9.17) is 22.7 Å². The molecular formula is C9H10ClFN2. The zero-order valence-corrected chi connectivity index (χ0v) is 7.74. The second kappa shape index (κ2) is 4.23. The molecule has 0 aromatic heterocycles. The van der Waals surface area contributed by atoms with E-state index in [1.54, 1.807) is 12.1 Å². The maximum Gasteiger partial charge on any atom is 0.127 e.